The first kappa shape index (κ1) is 9.38. The number of nitrogens with two attached hydrogens (primary N) is 1. The Hall–Kier alpha value is -0.622. The van der Waals surface area contributed by atoms with E-state index in [9.17, 15) is 4.79 Å². The third kappa shape index (κ3) is 2.32. The first-order valence-corrected chi connectivity index (χ1v) is 2.57. The summed E-state index contributed by atoms with van der Waals surface area (Å²) in [5.74, 6) is -0.435. The molecule has 2 nitrogen and oxygen atoms in total. The molecule has 0 saturated carbocycles. The summed E-state index contributed by atoms with van der Waals surface area (Å²) in [6.07, 6.45) is 0. The van der Waals surface area contributed by atoms with E-state index >= 15 is 0 Å². The van der Waals surface area contributed by atoms with Crippen LogP contribution in [0.15, 0.2) is 24.3 Å². The Morgan fingerprint density at radius 2 is 2.20 bits per heavy atom. The molecule has 2 N–H and O–H groups in total. The van der Waals surface area contributed by atoms with Crippen molar-refractivity contribution in [2.45, 2.75) is 0 Å². The number of carbonyl (C=O) groups excluding carboxylic acids is 1. The molecule has 10 heavy (non-hydrogen) atoms. The van der Waals surface area contributed by atoms with Gasteiger partial charge < -0.3 is 10.5 Å². The van der Waals surface area contributed by atoms with Crippen LogP contribution in [0.25, 0.3) is 0 Å². The van der Waals surface area contributed by atoms with Crippen molar-refractivity contribution in [2.24, 2.45) is 5.73 Å². The van der Waals surface area contributed by atoms with Crippen molar-refractivity contribution in [2.75, 3.05) is 0 Å². The van der Waals surface area contributed by atoms with Crippen LogP contribution in [0.3, 0.4) is 0 Å². The van der Waals surface area contributed by atoms with Crippen LogP contribution < -0.4 is 5.73 Å². The molecular formula is C7H6NOW-. The second-order valence-electron chi connectivity index (χ2n) is 1.64. The summed E-state index contributed by atoms with van der Waals surface area (Å²) in [4.78, 5) is 10.4. The molecular weight excluding hydrogens is 298 g/mol. The molecule has 0 fully saturated rings. The van der Waals surface area contributed by atoms with Gasteiger partial charge in [0.2, 0.25) is 0 Å². The normalized spacial score (nSPS) is 8.00. The zero-order chi connectivity index (χ0) is 6.69. The van der Waals surface area contributed by atoms with E-state index in [0.29, 0.717) is 5.56 Å². The molecule has 1 aromatic rings. The van der Waals surface area contributed by atoms with Crippen LogP contribution >= 0.6 is 0 Å². The molecule has 1 amide bonds. The van der Waals surface area contributed by atoms with Crippen LogP contribution in [0, 0.1) is 6.07 Å². The van der Waals surface area contributed by atoms with Crippen LogP contribution in [0.4, 0.5) is 0 Å². The minimum Gasteiger partial charge on any atom is -0.404 e. The van der Waals surface area contributed by atoms with Gasteiger partial charge in [0.05, 0.1) is 0 Å². The van der Waals surface area contributed by atoms with Crippen LogP contribution in [0.5, 0.6) is 0 Å². The molecule has 52 valence electrons. The largest absolute Gasteiger partial charge is 0.404 e. The van der Waals surface area contributed by atoms with Crippen LogP contribution in [0.2, 0.25) is 0 Å². The van der Waals surface area contributed by atoms with Gasteiger partial charge in [-0.15, -0.1) is 30.3 Å². The molecule has 1 rings (SSSR count). The number of amides is 1. The van der Waals surface area contributed by atoms with Gasteiger partial charge in [0, 0.05) is 21.1 Å². The summed E-state index contributed by atoms with van der Waals surface area (Å²) in [5.41, 5.74) is 5.37. The van der Waals surface area contributed by atoms with Crippen molar-refractivity contribution >= 4 is 5.91 Å². The Kier molecular flexibility index (Phi) is 3.97. The number of hydrogen-bond acceptors (Lipinski definition) is 1. The number of primary amides is 1. The average molecular weight is 304 g/mol. The van der Waals surface area contributed by atoms with E-state index in [-0.39, 0.29) is 21.1 Å². The molecule has 0 aliphatic carbocycles. The van der Waals surface area contributed by atoms with Gasteiger partial charge in [-0.3, -0.25) is 0 Å². The summed E-state index contributed by atoms with van der Waals surface area (Å²) in [6.45, 7) is 0. The van der Waals surface area contributed by atoms with Gasteiger partial charge in [-0.1, -0.05) is 5.56 Å². The van der Waals surface area contributed by atoms with E-state index in [1.165, 1.54) is 0 Å². The molecule has 0 spiro atoms. The SMILES string of the molecule is NC(=O)c1[c-]cccc1.[W]. The minimum absolute atomic E-state index is 0. The van der Waals surface area contributed by atoms with Crippen LogP contribution in [-0.2, 0) is 21.1 Å². The molecule has 0 aliphatic heterocycles. The van der Waals surface area contributed by atoms with Crippen molar-refractivity contribution in [1.82, 2.24) is 0 Å². The summed E-state index contributed by atoms with van der Waals surface area (Å²) in [5, 5.41) is 0. The van der Waals surface area contributed by atoms with Gasteiger partial charge in [0.15, 0.2) is 5.91 Å². The second kappa shape index (κ2) is 4.23. The minimum atomic E-state index is -0.435. The number of hydrogen-bond donors (Lipinski definition) is 1. The summed E-state index contributed by atoms with van der Waals surface area (Å²) in [7, 11) is 0. The van der Waals surface area contributed by atoms with Gasteiger partial charge in [0.1, 0.15) is 0 Å². The first-order chi connectivity index (χ1) is 4.30. The molecule has 1 aromatic carbocycles. The fraction of sp³-hybridized carbons (Fsp3) is 0. The van der Waals surface area contributed by atoms with E-state index in [1.54, 1.807) is 24.3 Å². The maximum absolute atomic E-state index is 10.4. The van der Waals surface area contributed by atoms with E-state index in [1.807, 2.05) is 0 Å². The summed E-state index contributed by atoms with van der Waals surface area (Å²) >= 11 is 0. The molecule has 0 aliphatic rings. The van der Waals surface area contributed by atoms with Crippen molar-refractivity contribution < 1.29 is 25.9 Å². The summed E-state index contributed by atoms with van der Waals surface area (Å²) < 4.78 is 0. The Labute approximate surface area is 73.7 Å². The average Bonchev–Trinajstić information content (AvgIpc) is 1.90. The van der Waals surface area contributed by atoms with Crippen LogP contribution in [0.1, 0.15) is 10.4 Å². The van der Waals surface area contributed by atoms with Crippen LogP contribution in [-0.4, -0.2) is 5.91 Å². The molecule has 0 atom stereocenters. The predicted octanol–water partition coefficient (Wildman–Crippen LogP) is 0.583. The van der Waals surface area contributed by atoms with E-state index < -0.39 is 5.91 Å². The standard InChI is InChI=1S/C7H6NO.W/c8-7(9)6-4-2-1-3-5-6;/h1-4H,(H2,8,9);/q-1;. The topological polar surface area (TPSA) is 43.1 Å². The molecule has 0 heterocycles. The smallest absolute Gasteiger partial charge is 0.162 e. The number of carbonyl (C=O) groups is 1. The fourth-order valence-electron chi connectivity index (χ4n) is 0.547. The maximum Gasteiger partial charge on any atom is 0.162 e. The van der Waals surface area contributed by atoms with E-state index in [2.05, 4.69) is 6.07 Å². The van der Waals surface area contributed by atoms with Crippen molar-refractivity contribution in [3.8, 4) is 0 Å². The van der Waals surface area contributed by atoms with Gasteiger partial charge in [0.25, 0.3) is 0 Å². The maximum atomic E-state index is 10.4. The monoisotopic (exact) mass is 304 g/mol. The van der Waals surface area contributed by atoms with Crippen molar-refractivity contribution in [1.29, 1.82) is 0 Å². The summed E-state index contributed by atoms with van der Waals surface area (Å²) in [6, 6.07) is 9.50. The number of benzene rings is 1. The van der Waals surface area contributed by atoms with Gasteiger partial charge in [-0.2, -0.15) is 0 Å². The Bertz CT molecular complexity index is 210. The molecule has 0 radical (unpaired) electrons. The van der Waals surface area contributed by atoms with Crippen molar-refractivity contribution in [3.63, 3.8) is 0 Å². The van der Waals surface area contributed by atoms with E-state index in [4.69, 9.17) is 5.73 Å². The predicted molar refractivity (Wildman–Crippen MR) is 33.8 cm³/mol. The first-order valence-electron chi connectivity index (χ1n) is 2.57. The van der Waals surface area contributed by atoms with Gasteiger partial charge in [-0.25, -0.2) is 0 Å². The quantitative estimate of drug-likeness (QED) is 0.758. The Balaban J connectivity index is 0.000000810. The second-order valence-corrected chi connectivity index (χ2v) is 1.64. The molecule has 0 aromatic heterocycles. The molecule has 3 heteroatoms. The van der Waals surface area contributed by atoms with Gasteiger partial charge >= 0.3 is 0 Å². The van der Waals surface area contributed by atoms with E-state index in [0.717, 1.165) is 0 Å². The zero-order valence-corrected chi connectivity index (χ0v) is 8.14. The zero-order valence-electron chi connectivity index (χ0n) is 5.20. The van der Waals surface area contributed by atoms with Gasteiger partial charge in [-0.05, 0) is 0 Å². The molecule has 0 saturated heterocycles. The van der Waals surface area contributed by atoms with Crippen molar-refractivity contribution in [3.05, 3.63) is 35.9 Å². The third-order valence-electron chi connectivity index (χ3n) is 0.975. The Morgan fingerprint density at radius 3 is 2.50 bits per heavy atom. The Morgan fingerprint density at radius 1 is 1.50 bits per heavy atom. The molecule has 0 bridgehead atoms. The third-order valence-corrected chi connectivity index (χ3v) is 0.975. The number of rotatable bonds is 1. The fourth-order valence-corrected chi connectivity index (χ4v) is 0.547. The molecule has 0 unspecified atom stereocenters.